The Balaban J connectivity index is 1.49. The van der Waals surface area contributed by atoms with Crippen molar-refractivity contribution in [3.63, 3.8) is 0 Å². The highest BCUT2D eigenvalue weighted by Gasteiger charge is 2.61. The summed E-state index contributed by atoms with van der Waals surface area (Å²) in [6, 6.07) is 27.1. The SMILES string of the molecule is COc1ccc(CO[C@H]2O[C@@H]3C=C(C=O)C[C@](NC(C)=O)([C@@H]2OCc2ccccc2)[C@@H]3OCc2ccccc2)cc1. The quantitative estimate of drug-likeness (QED) is 0.328. The maximum atomic E-state index is 12.8. The van der Waals surface area contributed by atoms with Crippen LogP contribution in [0.3, 0.4) is 0 Å². The van der Waals surface area contributed by atoms with E-state index in [2.05, 4.69) is 5.32 Å². The highest BCUT2D eigenvalue weighted by atomic mass is 16.7. The molecule has 5 atom stereocenters. The first-order chi connectivity index (χ1) is 20.0. The van der Waals surface area contributed by atoms with Crippen LogP contribution < -0.4 is 10.1 Å². The predicted molar refractivity (Wildman–Crippen MR) is 152 cm³/mol. The number of carbonyl (C=O) groups excluding carboxylic acids is 2. The minimum atomic E-state index is -1.13. The van der Waals surface area contributed by atoms with Crippen molar-refractivity contribution in [2.24, 2.45) is 0 Å². The van der Waals surface area contributed by atoms with E-state index in [0.29, 0.717) is 12.2 Å². The highest BCUT2D eigenvalue weighted by molar-refractivity contribution is 5.77. The number of hydrogen-bond acceptors (Lipinski definition) is 7. The van der Waals surface area contributed by atoms with Gasteiger partial charge in [-0.2, -0.15) is 0 Å². The van der Waals surface area contributed by atoms with Crippen LogP contribution in [0.5, 0.6) is 5.75 Å². The lowest BCUT2D eigenvalue weighted by Crippen LogP contribution is -2.75. The Morgan fingerprint density at radius 2 is 1.41 bits per heavy atom. The highest BCUT2D eigenvalue weighted by Crippen LogP contribution is 2.43. The van der Waals surface area contributed by atoms with Crippen molar-refractivity contribution in [1.82, 2.24) is 5.32 Å². The molecule has 0 aromatic heterocycles. The molecule has 8 nitrogen and oxygen atoms in total. The van der Waals surface area contributed by atoms with Crippen LogP contribution in [0.25, 0.3) is 0 Å². The van der Waals surface area contributed by atoms with Gasteiger partial charge in [-0.15, -0.1) is 0 Å². The monoisotopic (exact) mass is 557 g/mol. The van der Waals surface area contributed by atoms with Crippen molar-refractivity contribution in [3.05, 3.63) is 113 Å². The fraction of sp³-hybridized carbons (Fsp3) is 0.333. The second-order valence-corrected chi connectivity index (χ2v) is 10.3. The number of hydrogen-bond donors (Lipinski definition) is 1. The Labute approximate surface area is 240 Å². The van der Waals surface area contributed by atoms with Crippen molar-refractivity contribution in [2.45, 2.75) is 63.3 Å². The molecule has 214 valence electrons. The molecule has 0 spiro atoms. The number of rotatable bonds is 12. The number of ether oxygens (including phenoxy) is 5. The Morgan fingerprint density at radius 3 is 1.98 bits per heavy atom. The molecule has 0 saturated carbocycles. The van der Waals surface area contributed by atoms with Gasteiger partial charge in [0.05, 0.1) is 26.9 Å². The third-order valence-electron chi connectivity index (χ3n) is 7.41. The summed E-state index contributed by atoms with van der Waals surface area (Å²) >= 11 is 0. The summed E-state index contributed by atoms with van der Waals surface area (Å²) in [4.78, 5) is 24.8. The normalized spacial score (nSPS) is 25.2. The van der Waals surface area contributed by atoms with E-state index in [1.807, 2.05) is 84.9 Å². The van der Waals surface area contributed by atoms with Gasteiger partial charge in [-0.1, -0.05) is 72.8 Å². The lowest BCUT2D eigenvalue weighted by molar-refractivity contribution is -0.310. The molecule has 0 radical (unpaired) electrons. The topological polar surface area (TPSA) is 92.3 Å². The number of benzene rings is 3. The van der Waals surface area contributed by atoms with Crippen LogP contribution in [-0.2, 0) is 48.4 Å². The second-order valence-electron chi connectivity index (χ2n) is 10.3. The number of amides is 1. The summed E-state index contributed by atoms with van der Waals surface area (Å²) in [5.74, 6) is 0.476. The summed E-state index contributed by atoms with van der Waals surface area (Å²) < 4.78 is 31.2. The maximum absolute atomic E-state index is 12.8. The van der Waals surface area contributed by atoms with E-state index in [1.54, 1.807) is 13.2 Å². The molecule has 8 heteroatoms. The van der Waals surface area contributed by atoms with Crippen LogP contribution in [0.1, 0.15) is 30.0 Å². The van der Waals surface area contributed by atoms with E-state index in [-0.39, 0.29) is 25.5 Å². The standard InChI is InChI=1S/C33H35NO7/c1-23(36)34-33-18-27(19-35)17-29(30(33)38-20-24-9-5-3-6-10-24)41-32(31(33)39-21-25-11-7-4-8-12-25)40-22-26-13-15-28(37-2)16-14-26/h3-17,19,29-32H,18,20-22H2,1-2H3,(H,34,36)/t29-,30-,31-,32+,33-/m1/s1. The summed E-state index contributed by atoms with van der Waals surface area (Å²) in [7, 11) is 1.62. The summed E-state index contributed by atoms with van der Waals surface area (Å²) in [5.41, 5.74) is 2.22. The van der Waals surface area contributed by atoms with Crippen molar-refractivity contribution >= 4 is 12.2 Å². The zero-order chi connectivity index (χ0) is 28.7. The lowest BCUT2D eigenvalue weighted by Gasteiger charge is -2.55. The van der Waals surface area contributed by atoms with Crippen LogP contribution >= 0.6 is 0 Å². The molecule has 2 aliphatic rings. The number of fused-ring (bicyclic) bond motifs is 2. The molecular formula is C33H35NO7. The Kier molecular flexibility index (Phi) is 9.26. The molecule has 1 fully saturated rings. The van der Waals surface area contributed by atoms with Gasteiger partial charge in [0.15, 0.2) is 6.29 Å². The molecule has 1 saturated heterocycles. The van der Waals surface area contributed by atoms with Gasteiger partial charge >= 0.3 is 0 Å². The van der Waals surface area contributed by atoms with Gasteiger partial charge in [-0.3, -0.25) is 9.59 Å². The first kappa shape index (κ1) is 28.7. The van der Waals surface area contributed by atoms with Crippen LogP contribution in [0, 0.1) is 0 Å². The van der Waals surface area contributed by atoms with E-state index in [9.17, 15) is 9.59 Å². The number of carbonyl (C=O) groups is 2. The largest absolute Gasteiger partial charge is 0.497 e. The van der Waals surface area contributed by atoms with Gasteiger partial charge < -0.3 is 29.0 Å². The molecule has 1 amide bonds. The Morgan fingerprint density at radius 1 is 0.854 bits per heavy atom. The minimum absolute atomic E-state index is 0.206. The van der Waals surface area contributed by atoms with E-state index < -0.39 is 30.1 Å². The molecule has 1 aliphatic carbocycles. The van der Waals surface area contributed by atoms with Crippen molar-refractivity contribution < 1.29 is 33.3 Å². The lowest BCUT2D eigenvalue weighted by atomic mass is 9.71. The molecule has 3 aromatic rings. The Hall–Kier alpha value is -3.82. The maximum Gasteiger partial charge on any atom is 0.217 e. The predicted octanol–water partition coefficient (Wildman–Crippen LogP) is 4.51. The molecule has 1 heterocycles. The zero-order valence-corrected chi connectivity index (χ0v) is 23.2. The molecule has 1 N–H and O–H groups in total. The fourth-order valence-electron chi connectivity index (χ4n) is 5.54. The fourth-order valence-corrected chi connectivity index (χ4v) is 5.54. The first-order valence-electron chi connectivity index (χ1n) is 13.7. The van der Waals surface area contributed by atoms with Crippen LogP contribution in [0.15, 0.2) is 96.6 Å². The third-order valence-corrected chi connectivity index (χ3v) is 7.41. The minimum Gasteiger partial charge on any atom is -0.497 e. The molecule has 1 aliphatic heterocycles. The second kappa shape index (κ2) is 13.2. The van der Waals surface area contributed by atoms with E-state index in [1.165, 1.54) is 6.92 Å². The average Bonchev–Trinajstić information content (AvgIpc) is 2.99. The summed E-state index contributed by atoms with van der Waals surface area (Å²) in [5, 5.41) is 3.14. The summed E-state index contributed by atoms with van der Waals surface area (Å²) in [6.07, 6.45) is -0.192. The number of methoxy groups -OCH3 is 1. The molecule has 3 aromatic carbocycles. The van der Waals surface area contributed by atoms with Crippen molar-refractivity contribution in [2.75, 3.05) is 7.11 Å². The van der Waals surface area contributed by atoms with E-state index in [0.717, 1.165) is 28.7 Å². The zero-order valence-electron chi connectivity index (χ0n) is 23.2. The van der Waals surface area contributed by atoms with Gasteiger partial charge in [0, 0.05) is 13.3 Å². The Bertz CT molecular complexity index is 1330. The van der Waals surface area contributed by atoms with Gasteiger partial charge in [0.2, 0.25) is 5.91 Å². The van der Waals surface area contributed by atoms with E-state index >= 15 is 0 Å². The molecule has 2 bridgehead atoms. The van der Waals surface area contributed by atoms with Gasteiger partial charge in [-0.05, 0) is 40.5 Å². The van der Waals surface area contributed by atoms with Gasteiger partial charge in [0.1, 0.15) is 35.9 Å². The third kappa shape index (κ3) is 6.74. The van der Waals surface area contributed by atoms with Gasteiger partial charge in [-0.25, -0.2) is 0 Å². The van der Waals surface area contributed by atoms with Crippen molar-refractivity contribution in [1.29, 1.82) is 0 Å². The molecule has 41 heavy (non-hydrogen) atoms. The van der Waals surface area contributed by atoms with E-state index in [4.69, 9.17) is 23.7 Å². The van der Waals surface area contributed by atoms with Crippen LogP contribution in [0.4, 0.5) is 0 Å². The molecule has 5 rings (SSSR count). The van der Waals surface area contributed by atoms with Gasteiger partial charge in [0.25, 0.3) is 0 Å². The molecular weight excluding hydrogens is 522 g/mol. The molecule has 0 unspecified atom stereocenters. The average molecular weight is 558 g/mol. The van der Waals surface area contributed by atoms with Crippen molar-refractivity contribution in [3.8, 4) is 5.75 Å². The van der Waals surface area contributed by atoms with Crippen LogP contribution in [-0.4, -0.2) is 49.4 Å². The number of aldehydes is 1. The number of nitrogens with one attached hydrogen (secondary N) is 1. The van der Waals surface area contributed by atoms with Crippen LogP contribution in [0.2, 0.25) is 0 Å². The summed E-state index contributed by atoms with van der Waals surface area (Å²) in [6.45, 7) is 2.23. The first-order valence-corrected chi connectivity index (χ1v) is 13.7. The smallest absolute Gasteiger partial charge is 0.217 e.